The highest BCUT2D eigenvalue weighted by atomic mass is 16.5. The highest BCUT2D eigenvalue weighted by molar-refractivity contribution is 5.79. The average Bonchev–Trinajstić information content (AvgIpc) is 2.78. The average molecular weight is 254 g/mol. The fourth-order valence-corrected chi connectivity index (χ4v) is 2.77. The van der Waals surface area contributed by atoms with Crippen LogP contribution in [0.5, 0.6) is 0 Å². The molecule has 2 aliphatic rings. The summed E-state index contributed by atoms with van der Waals surface area (Å²) in [4.78, 5) is 14.6. The van der Waals surface area contributed by atoms with Gasteiger partial charge in [-0.25, -0.2) is 0 Å². The van der Waals surface area contributed by atoms with Gasteiger partial charge in [0, 0.05) is 43.8 Å². The molecule has 2 heterocycles. The Morgan fingerprint density at radius 2 is 1.89 bits per heavy atom. The molecule has 0 aliphatic carbocycles. The Bertz CT molecular complexity index is 293. The van der Waals surface area contributed by atoms with Gasteiger partial charge >= 0.3 is 0 Å². The third-order valence-electron chi connectivity index (χ3n) is 4.08. The minimum atomic E-state index is 0.169. The van der Waals surface area contributed by atoms with E-state index < -0.39 is 0 Å². The fourth-order valence-electron chi connectivity index (χ4n) is 2.77. The van der Waals surface area contributed by atoms with Crippen LogP contribution in [-0.2, 0) is 9.53 Å². The van der Waals surface area contributed by atoms with Crippen LogP contribution in [0.1, 0.15) is 40.0 Å². The summed E-state index contributed by atoms with van der Waals surface area (Å²) in [6, 6.07) is 0.333. The Labute approximate surface area is 110 Å². The van der Waals surface area contributed by atoms with Gasteiger partial charge in [-0.2, -0.15) is 0 Å². The van der Waals surface area contributed by atoms with Crippen LogP contribution in [0.3, 0.4) is 0 Å². The fraction of sp³-hybridized carbons (Fsp3) is 0.929. The lowest BCUT2D eigenvalue weighted by Gasteiger charge is -2.31. The summed E-state index contributed by atoms with van der Waals surface area (Å²) >= 11 is 0. The molecular weight excluding hydrogens is 228 g/mol. The van der Waals surface area contributed by atoms with E-state index in [1.807, 2.05) is 0 Å². The van der Waals surface area contributed by atoms with Crippen LogP contribution in [-0.4, -0.2) is 48.7 Å². The number of amides is 1. The topological polar surface area (TPSA) is 41.6 Å². The van der Waals surface area contributed by atoms with Crippen molar-refractivity contribution in [2.24, 2.45) is 5.92 Å². The lowest BCUT2D eigenvalue weighted by Crippen LogP contribution is -2.45. The van der Waals surface area contributed by atoms with Crippen molar-refractivity contribution in [1.29, 1.82) is 0 Å². The van der Waals surface area contributed by atoms with Gasteiger partial charge in [0.15, 0.2) is 0 Å². The summed E-state index contributed by atoms with van der Waals surface area (Å²) in [7, 11) is 0. The smallest absolute Gasteiger partial charge is 0.223 e. The molecule has 0 aromatic rings. The number of nitrogens with zero attached hydrogens (tertiary/aromatic N) is 1. The number of ether oxygens (including phenoxy) is 1. The Morgan fingerprint density at radius 3 is 2.44 bits per heavy atom. The molecule has 104 valence electrons. The lowest BCUT2D eigenvalue weighted by molar-refractivity contribution is -0.128. The third-order valence-corrected chi connectivity index (χ3v) is 4.08. The maximum atomic E-state index is 12.1. The SMILES string of the molecule is CC(C)(C)N1CC[C@@H](NC(=O)C2CCOCC2)C1. The van der Waals surface area contributed by atoms with Crippen LogP contribution in [0, 0.1) is 5.92 Å². The Kier molecular flexibility index (Phi) is 4.28. The second-order valence-electron chi connectivity index (χ2n) is 6.50. The molecule has 4 nitrogen and oxygen atoms in total. The van der Waals surface area contributed by atoms with E-state index in [1.165, 1.54) is 0 Å². The minimum absolute atomic E-state index is 0.169. The molecule has 0 spiro atoms. The van der Waals surface area contributed by atoms with Gasteiger partial charge in [-0.3, -0.25) is 9.69 Å². The van der Waals surface area contributed by atoms with E-state index in [1.54, 1.807) is 0 Å². The van der Waals surface area contributed by atoms with Crippen molar-refractivity contribution >= 4 is 5.91 Å². The summed E-state index contributed by atoms with van der Waals surface area (Å²) in [6.45, 7) is 10.2. The van der Waals surface area contributed by atoms with Gasteiger partial charge in [0.2, 0.25) is 5.91 Å². The van der Waals surface area contributed by atoms with Crippen molar-refractivity contribution in [3.63, 3.8) is 0 Å². The van der Waals surface area contributed by atoms with E-state index in [2.05, 4.69) is 31.0 Å². The van der Waals surface area contributed by atoms with Gasteiger partial charge in [-0.1, -0.05) is 0 Å². The predicted molar refractivity (Wildman–Crippen MR) is 71.4 cm³/mol. The van der Waals surface area contributed by atoms with Crippen molar-refractivity contribution in [2.45, 2.75) is 51.6 Å². The molecule has 2 saturated heterocycles. The molecule has 2 rings (SSSR count). The number of hydrogen-bond donors (Lipinski definition) is 1. The summed E-state index contributed by atoms with van der Waals surface area (Å²) in [5.41, 5.74) is 0.207. The molecule has 1 amide bonds. The number of carbonyl (C=O) groups is 1. The molecule has 4 heteroatoms. The number of hydrogen-bond acceptors (Lipinski definition) is 3. The van der Waals surface area contributed by atoms with Crippen LogP contribution < -0.4 is 5.32 Å². The van der Waals surface area contributed by atoms with Gasteiger partial charge in [0.1, 0.15) is 0 Å². The van der Waals surface area contributed by atoms with E-state index >= 15 is 0 Å². The predicted octanol–water partition coefficient (Wildman–Crippen LogP) is 1.40. The molecule has 0 aromatic heterocycles. The zero-order chi connectivity index (χ0) is 13.2. The largest absolute Gasteiger partial charge is 0.381 e. The van der Waals surface area contributed by atoms with Crippen molar-refractivity contribution in [3.05, 3.63) is 0 Å². The van der Waals surface area contributed by atoms with Crippen LogP contribution >= 0.6 is 0 Å². The van der Waals surface area contributed by atoms with Gasteiger partial charge in [-0.15, -0.1) is 0 Å². The van der Waals surface area contributed by atoms with Gasteiger partial charge in [0.05, 0.1) is 0 Å². The first-order valence-corrected chi connectivity index (χ1v) is 7.10. The quantitative estimate of drug-likeness (QED) is 0.810. The highest BCUT2D eigenvalue weighted by Crippen LogP contribution is 2.21. The normalized spacial score (nSPS) is 27.4. The van der Waals surface area contributed by atoms with Crippen molar-refractivity contribution in [2.75, 3.05) is 26.3 Å². The molecule has 0 saturated carbocycles. The number of nitrogens with one attached hydrogen (secondary N) is 1. The van der Waals surface area contributed by atoms with Crippen molar-refractivity contribution < 1.29 is 9.53 Å². The van der Waals surface area contributed by atoms with Crippen LogP contribution in [0.15, 0.2) is 0 Å². The summed E-state index contributed by atoms with van der Waals surface area (Å²) in [5.74, 6) is 0.404. The minimum Gasteiger partial charge on any atom is -0.381 e. The number of likely N-dealkylation sites (tertiary alicyclic amines) is 1. The molecule has 2 aliphatic heterocycles. The third kappa shape index (κ3) is 3.45. The van der Waals surface area contributed by atoms with Crippen molar-refractivity contribution in [1.82, 2.24) is 10.2 Å². The molecular formula is C14H26N2O2. The summed E-state index contributed by atoms with van der Waals surface area (Å²) in [6.07, 6.45) is 2.83. The second-order valence-corrected chi connectivity index (χ2v) is 6.50. The maximum Gasteiger partial charge on any atom is 0.223 e. The second kappa shape index (κ2) is 5.57. The molecule has 0 bridgehead atoms. The Hall–Kier alpha value is -0.610. The summed E-state index contributed by atoms with van der Waals surface area (Å²) < 4.78 is 5.29. The molecule has 18 heavy (non-hydrogen) atoms. The highest BCUT2D eigenvalue weighted by Gasteiger charge is 2.32. The molecule has 1 N–H and O–H groups in total. The molecule has 2 fully saturated rings. The zero-order valence-corrected chi connectivity index (χ0v) is 11.9. The molecule has 1 atom stereocenters. The Morgan fingerprint density at radius 1 is 1.22 bits per heavy atom. The van der Waals surface area contributed by atoms with Gasteiger partial charge in [-0.05, 0) is 40.0 Å². The molecule has 0 unspecified atom stereocenters. The van der Waals surface area contributed by atoms with Crippen LogP contribution in [0.2, 0.25) is 0 Å². The van der Waals surface area contributed by atoms with E-state index in [0.29, 0.717) is 6.04 Å². The van der Waals surface area contributed by atoms with Crippen LogP contribution in [0.25, 0.3) is 0 Å². The first-order chi connectivity index (χ1) is 8.47. The van der Waals surface area contributed by atoms with Gasteiger partial charge in [0.25, 0.3) is 0 Å². The van der Waals surface area contributed by atoms with E-state index in [4.69, 9.17) is 4.74 Å². The first-order valence-electron chi connectivity index (χ1n) is 7.10. The molecule has 0 aromatic carbocycles. The monoisotopic (exact) mass is 254 g/mol. The number of carbonyl (C=O) groups excluding carboxylic acids is 1. The van der Waals surface area contributed by atoms with Crippen molar-refractivity contribution in [3.8, 4) is 0 Å². The van der Waals surface area contributed by atoms with E-state index in [0.717, 1.165) is 45.6 Å². The van der Waals surface area contributed by atoms with E-state index in [-0.39, 0.29) is 17.4 Å². The Balaban J connectivity index is 1.78. The van der Waals surface area contributed by atoms with Gasteiger partial charge < -0.3 is 10.1 Å². The van der Waals surface area contributed by atoms with Crippen LogP contribution in [0.4, 0.5) is 0 Å². The molecule has 0 radical (unpaired) electrons. The zero-order valence-electron chi connectivity index (χ0n) is 11.9. The number of rotatable bonds is 2. The maximum absolute atomic E-state index is 12.1. The first kappa shape index (κ1) is 13.8. The standard InChI is InChI=1S/C14H26N2O2/c1-14(2,3)16-7-4-12(10-16)15-13(17)11-5-8-18-9-6-11/h11-12H,4-10H2,1-3H3,(H,15,17)/t12-/m1/s1. The lowest BCUT2D eigenvalue weighted by atomic mass is 9.99. The summed E-state index contributed by atoms with van der Waals surface area (Å²) in [5, 5.41) is 3.21. The van der Waals surface area contributed by atoms with E-state index in [9.17, 15) is 4.79 Å².